The molecule has 0 radical (unpaired) electrons. The number of carbonyl (C=O) groups excluding carboxylic acids is 1. The van der Waals surface area contributed by atoms with Gasteiger partial charge in [0.15, 0.2) is 0 Å². The quantitative estimate of drug-likeness (QED) is 0.715. The molecule has 2 aliphatic rings. The van der Waals surface area contributed by atoms with E-state index in [-0.39, 0.29) is 5.91 Å². The van der Waals surface area contributed by atoms with Gasteiger partial charge in [0.2, 0.25) is 5.91 Å². The van der Waals surface area contributed by atoms with Crippen LogP contribution in [0.3, 0.4) is 0 Å². The Morgan fingerprint density at radius 1 is 1.35 bits per heavy atom. The zero-order valence-electron chi connectivity index (χ0n) is 11.7. The Hall–Kier alpha value is -2.34. The number of fused-ring (bicyclic) bond motifs is 2. The molecule has 1 unspecified atom stereocenters. The van der Waals surface area contributed by atoms with Gasteiger partial charge in [-0.3, -0.25) is 9.69 Å². The third-order valence-corrected chi connectivity index (χ3v) is 4.06. The second-order valence-electron chi connectivity index (χ2n) is 5.34. The van der Waals surface area contributed by atoms with Gasteiger partial charge in [0.1, 0.15) is 11.8 Å². The van der Waals surface area contributed by atoms with E-state index in [1.54, 1.807) is 4.90 Å². The van der Waals surface area contributed by atoms with Crippen molar-refractivity contribution in [3.63, 3.8) is 0 Å². The van der Waals surface area contributed by atoms with Gasteiger partial charge >= 0.3 is 0 Å². The minimum absolute atomic E-state index is 0.103. The van der Waals surface area contributed by atoms with Crippen LogP contribution in [0.2, 0.25) is 0 Å². The van der Waals surface area contributed by atoms with E-state index in [1.165, 1.54) is 12.5 Å². The summed E-state index contributed by atoms with van der Waals surface area (Å²) in [6.45, 7) is 3.71. The average Bonchev–Trinajstić information content (AvgIpc) is 2.45. The molecule has 3 rings (SSSR count). The van der Waals surface area contributed by atoms with E-state index in [0.29, 0.717) is 11.6 Å². The summed E-state index contributed by atoms with van der Waals surface area (Å²) < 4.78 is 0. The van der Waals surface area contributed by atoms with Gasteiger partial charge in [-0.2, -0.15) is 5.26 Å². The van der Waals surface area contributed by atoms with E-state index in [4.69, 9.17) is 0 Å². The number of hydrogen-bond donors (Lipinski definition) is 0. The Labute approximate surface area is 118 Å². The normalized spacial score (nSPS) is 20.8. The molecule has 0 fully saturated rings. The Morgan fingerprint density at radius 2 is 2.05 bits per heavy atom. The van der Waals surface area contributed by atoms with Crippen molar-refractivity contribution < 1.29 is 4.79 Å². The molecule has 0 bridgehead atoms. The standard InChI is InChI=1S/C17H16N2O/c1-11-6-5-9-15-17(11)14-8-4-3-7-13(14)16(10-18)19(15)12(2)20/h3-4,7-9,11H,5-6H2,1-2H3. The molecule has 3 heteroatoms. The van der Waals surface area contributed by atoms with Crippen molar-refractivity contribution in [2.75, 3.05) is 0 Å². The van der Waals surface area contributed by atoms with Gasteiger partial charge < -0.3 is 0 Å². The molecule has 0 spiro atoms. The molecule has 0 saturated heterocycles. The maximum Gasteiger partial charge on any atom is 0.229 e. The fourth-order valence-electron chi connectivity index (χ4n) is 3.19. The zero-order valence-corrected chi connectivity index (χ0v) is 11.7. The van der Waals surface area contributed by atoms with Crippen molar-refractivity contribution >= 4 is 17.2 Å². The summed E-state index contributed by atoms with van der Waals surface area (Å²) in [6, 6.07) is 10.1. The van der Waals surface area contributed by atoms with Crippen molar-refractivity contribution in [1.29, 1.82) is 5.26 Å². The van der Waals surface area contributed by atoms with Crippen LogP contribution < -0.4 is 10.4 Å². The van der Waals surface area contributed by atoms with Crippen LogP contribution in [-0.4, -0.2) is 10.8 Å². The molecule has 1 atom stereocenters. The lowest BCUT2D eigenvalue weighted by atomic mass is 9.83. The minimum Gasteiger partial charge on any atom is -0.274 e. The molecule has 1 aromatic carbocycles. The average molecular weight is 264 g/mol. The first-order chi connectivity index (χ1) is 9.65. The second kappa shape index (κ2) is 4.64. The number of allylic oxidation sites excluding steroid dienone is 2. The fraction of sp³-hybridized carbons (Fsp3) is 0.294. The molecular formula is C17H16N2O. The molecule has 1 amide bonds. The van der Waals surface area contributed by atoms with E-state index < -0.39 is 0 Å². The molecule has 20 heavy (non-hydrogen) atoms. The lowest BCUT2D eigenvalue weighted by molar-refractivity contribution is -0.124. The van der Waals surface area contributed by atoms with E-state index in [9.17, 15) is 10.1 Å². The molecule has 3 nitrogen and oxygen atoms in total. The van der Waals surface area contributed by atoms with Gasteiger partial charge in [0.05, 0.1) is 0 Å². The highest BCUT2D eigenvalue weighted by atomic mass is 16.2. The molecule has 1 heterocycles. The molecule has 1 aromatic rings. The van der Waals surface area contributed by atoms with Crippen LogP contribution >= 0.6 is 0 Å². The number of amides is 1. The second-order valence-corrected chi connectivity index (χ2v) is 5.34. The summed E-state index contributed by atoms with van der Waals surface area (Å²) >= 11 is 0. The van der Waals surface area contributed by atoms with Crippen LogP contribution in [0.25, 0.3) is 11.3 Å². The van der Waals surface area contributed by atoms with Crippen LogP contribution in [0.15, 0.2) is 36.0 Å². The Kier molecular flexibility index (Phi) is 2.94. The highest BCUT2D eigenvalue weighted by Gasteiger charge is 2.31. The molecule has 1 aliphatic heterocycles. The Morgan fingerprint density at radius 3 is 2.70 bits per heavy atom. The maximum atomic E-state index is 12.0. The molecule has 1 aliphatic carbocycles. The Bertz CT molecular complexity index is 780. The van der Waals surface area contributed by atoms with E-state index in [1.807, 2.05) is 18.2 Å². The van der Waals surface area contributed by atoms with Crippen LogP contribution in [0, 0.1) is 17.2 Å². The minimum atomic E-state index is -0.103. The SMILES string of the molecule is CC(=O)N1C2=CCCC(C)C2=c2ccccc2=C1C#N. The van der Waals surface area contributed by atoms with Crippen LogP contribution in [0.5, 0.6) is 0 Å². The first kappa shape index (κ1) is 12.7. The molecular weight excluding hydrogens is 248 g/mol. The topological polar surface area (TPSA) is 44.1 Å². The van der Waals surface area contributed by atoms with Gasteiger partial charge in [0, 0.05) is 17.8 Å². The van der Waals surface area contributed by atoms with Gasteiger partial charge in [-0.1, -0.05) is 37.3 Å². The van der Waals surface area contributed by atoms with Crippen molar-refractivity contribution in [3.8, 4) is 6.07 Å². The van der Waals surface area contributed by atoms with E-state index in [2.05, 4.69) is 25.1 Å². The monoisotopic (exact) mass is 264 g/mol. The number of nitriles is 1. The fourth-order valence-corrected chi connectivity index (χ4v) is 3.19. The van der Waals surface area contributed by atoms with Crippen LogP contribution in [0.4, 0.5) is 0 Å². The molecule has 0 N–H and O–H groups in total. The molecule has 100 valence electrons. The summed E-state index contributed by atoms with van der Waals surface area (Å²) in [6.07, 6.45) is 4.12. The van der Waals surface area contributed by atoms with Gasteiger partial charge in [0.25, 0.3) is 0 Å². The maximum absolute atomic E-state index is 12.0. The first-order valence-corrected chi connectivity index (χ1v) is 6.90. The van der Waals surface area contributed by atoms with Crippen molar-refractivity contribution in [2.45, 2.75) is 26.7 Å². The number of nitrogens with zero attached hydrogens (tertiary/aromatic N) is 2. The van der Waals surface area contributed by atoms with Gasteiger partial charge in [-0.05, 0) is 29.6 Å². The lowest BCUT2D eigenvalue weighted by Crippen LogP contribution is -2.44. The summed E-state index contributed by atoms with van der Waals surface area (Å²) in [7, 11) is 0. The third kappa shape index (κ3) is 1.69. The third-order valence-electron chi connectivity index (χ3n) is 4.06. The Balaban J connectivity index is 2.51. The van der Waals surface area contributed by atoms with Crippen molar-refractivity contribution in [2.24, 2.45) is 5.92 Å². The van der Waals surface area contributed by atoms with Crippen molar-refractivity contribution in [3.05, 3.63) is 46.5 Å². The summed E-state index contributed by atoms with van der Waals surface area (Å²) in [5.74, 6) is 0.298. The van der Waals surface area contributed by atoms with Gasteiger partial charge in [-0.25, -0.2) is 0 Å². The predicted octanol–water partition coefficient (Wildman–Crippen LogP) is 1.64. The first-order valence-electron chi connectivity index (χ1n) is 6.90. The zero-order chi connectivity index (χ0) is 14.3. The number of benzene rings is 1. The van der Waals surface area contributed by atoms with Crippen molar-refractivity contribution in [1.82, 2.24) is 4.90 Å². The van der Waals surface area contributed by atoms with E-state index in [0.717, 1.165) is 29.0 Å². The van der Waals surface area contributed by atoms with E-state index >= 15 is 0 Å². The number of hydrogen-bond acceptors (Lipinski definition) is 2. The number of rotatable bonds is 0. The van der Waals surface area contributed by atoms with Crippen LogP contribution in [0.1, 0.15) is 26.7 Å². The smallest absolute Gasteiger partial charge is 0.229 e. The summed E-state index contributed by atoms with van der Waals surface area (Å²) in [5, 5.41) is 11.5. The van der Waals surface area contributed by atoms with Gasteiger partial charge in [-0.15, -0.1) is 0 Å². The lowest BCUT2D eigenvalue weighted by Gasteiger charge is -2.34. The predicted molar refractivity (Wildman–Crippen MR) is 77.1 cm³/mol. The molecule has 0 saturated carbocycles. The highest BCUT2D eigenvalue weighted by molar-refractivity contribution is 5.92. The summed E-state index contributed by atoms with van der Waals surface area (Å²) in [4.78, 5) is 13.6. The highest BCUT2D eigenvalue weighted by Crippen LogP contribution is 2.35. The molecule has 0 aromatic heterocycles. The largest absolute Gasteiger partial charge is 0.274 e. The summed E-state index contributed by atoms with van der Waals surface area (Å²) in [5.41, 5.74) is 2.55. The van der Waals surface area contributed by atoms with Crippen LogP contribution in [-0.2, 0) is 4.79 Å². The number of carbonyl (C=O) groups is 1.